The molecule has 2 N–H and O–H groups in total. The van der Waals surface area contributed by atoms with Crippen molar-refractivity contribution in [3.63, 3.8) is 0 Å². The summed E-state index contributed by atoms with van der Waals surface area (Å²) in [5.74, 6) is -0.462. The molecule has 0 atom stereocenters. The Bertz CT molecular complexity index is 627. The summed E-state index contributed by atoms with van der Waals surface area (Å²) >= 11 is 0. The fraction of sp³-hybridized carbons (Fsp3) is 0.500. The molecule has 2 rings (SSSR count). The number of sulfonamides is 1. The Hall–Kier alpha value is -1.47. The van der Waals surface area contributed by atoms with Gasteiger partial charge in [0.2, 0.25) is 15.9 Å². The molecule has 0 unspecified atom stereocenters. The van der Waals surface area contributed by atoms with E-state index in [1.54, 1.807) is 12.1 Å². The molecule has 0 radical (unpaired) electrons. The lowest BCUT2D eigenvalue weighted by Gasteiger charge is -2.16. The van der Waals surface area contributed by atoms with E-state index in [1.165, 1.54) is 12.1 Å². The van der Waals surface area contributed by atoms with E-state index >= 15 is 0 Å². The lowest BCUT2D eigenvalue weighted by atomic mass is 9.95. The zero-order valence-electron chi connectivity index (χ0n) is 11.9. The van der Waals surface area contributed by atoms with E-state index in [1.807, 2.05) is 0 Å². The van der Waals surface area contributed by atoms with E-state index in [0.717, 1.165) is 6.26 Å². The van der Waals surface area contributed by atoms with Gasteiger partial charge in [-0.25, -0.2) is 17.5 Å². The molecule has 1 aliphatic rings. The Morgan fingerprint density at radius 1 is 1.33 bits per heavy atom. The summed E-state index contributed by atoms with van der Waals surface area (Å²) in [5, 5.41) is 2.79. The number of rotatable bonds is 7. The fourth-order valence-corrected chi connectivity index (χ4v) is 2.79. The molecule has 1 amide bonds. The van der Waals surface area contributed by atoms with E-state index < -0.39 is 15.4 Å². The van der Waals surface area contributed by atoms with Crippen LogP contribution in [0.1, 0.15) is 24.8 Å². The highest BCUT2D eigenvalue weighted by atomic mass is 32.2. The molecule has 1 fully saturated rings. The lowest BCUT2D eigenvalue weighted by Crippen LogP contribution is -2.36. The molecule has 0 aromatic heterocycles. The minimum Gasteiger partial charge on any atom is -0.355 e. The highest BCUT2D eigenvalue weighted by Gasteiger charge is 2.51. The zero-order valence-corrected chi connectivity index (χ0v) is 12.7. The molecular weight excluding hydrogens is 295 g/mol. The van der Waals surface area contributed by atoms with Crippen molar-refractivity contribution in [2.24, 2.45) is 0 Å². The van der Waals surface area contributed by atoms with Crippen molar-refractivity contribution in [2.75, 3.05) is 19.3 Å². The summed E-state index contributed by atoms with van der Waals surface area (Å²) in [5.41, 5.74) is 0.0982. The molecular formula is C14H19FN2O3S. The highest BCUT2D eigenvalue weighted by Crippen LogP contribution is 2.48. The third kappa shape index (κ3) is 4.25. The molecule has 0 saturated heterocycles. The third-order valence-electron chi connectivity index (χ3n) is 3.57. The number of benzene rings is 1. The van der Waals surface area contributed by atoms with Gasteiger partial charge in [-0.3, -0.25) is 4.79 Å². The first-order valence-corrected chi connectivity index (χ1v) is 8.72. The summed E-state index contributed by atoms with van der Waals surface area (Å²) in [6.07, 6.45) is 3.03. The normalized spacial score (nSPS) is 16.5. The first kappa shape index (κ1) is 15.9. The SMILES string of the molecule is CS(=O)(=O)NCCCNC(=O)C1(c2cccc(F)c2)CC1. The molecule has 1 aromatic carbocycles. The Morgan fingerprint density at radius 3 is 2.62 bits per heavy atom. The first-order valence-electron chi connectivity index (χ1n) is 6.82. The maximum atomic E-state index is 13.3. The van der Waals surface area contributed by atoms with Crippen molar-refractivity contribution in [3.8, 4) is 0 Å². The number of hydrogen-bond donors (Lipinski definition) is 2. The van der Waals surface area contributed by atoms with Crippen LogP contribution in [0.15, 0.2) is 24.3 Å². The predicted molar refractivity (Wildman–Crippen MR) is 77.8 cm³/mol. The maximum Gasteiger partial charge on any atom is 0.230 e. The quantitative estimate of drug-likeness (QED) is 0.735. The summed E-state index contributed by atoms with van der Waals surface area (Å²) in [6.45, 7) is 0.671. The minimum atomic E-state index is -3.19. The van der Waals surface area contributed by atoms with Crippen molar-refractivity contribution >= 4 is 15.9 Å². The Morgan fingerprint density at radius 2 is 2.05 bits per heavy atom. The standard InChI is InChI=1S/C14H19FN2O3S/c1-21(19,20)17-9-3-8-16-13(18)14(6-7-14)11-4-2-5-12(15)10-11/h2,4-5,10,17H,3,6-9H2,1H3,(H,16,18). The summed E-state index contributed by atoms with van der Waals surface area (Å²) in [7, 11) is -3.19. The third-order valence-corrected chi connectivity index (χ3v) is 4.29. The van der Waals surface area contributed by atoms with Crippen LogP contribution in [0.3, 0.4) is 0 Å². The van der Waals surface area contributed by atoms with Crippen LogP contribution in [0, 0.1) is 5.82 Å². The lowest BCUT2D eigenvalue weighted by molar-refractivity contribution is -0.123. The Balaban J connectivity index is 1.84. The number of amides is 1. The van der Waals surface area contributed by atoms with Gasteiger partial charge in [-0.05, 0) is 37.0 Å². The largest absolute Gasteiger partial charge is 0.355 e. The van der Waals surface area contributed by atoms with Crippen LogP contribution >= 0.6 is 0 Å². The van der Waals surface area contributed by atoms with Gasteiger partial charge >= 0.3 is 0 Å². The van der Waals surface area contributed by atoms with Crippen LogP contribution in [-0.2, 0) is 20.2 Å². The molecule has 1 saturated carbocycles. The van der Waals surface area contributed by atoms with Crippen LogP contribution in [-0.4, -0.2) is 33.7 Å². The fourth-order valence-electron chi connectivity index (χ4n) is 2.28. The Labute approximate surface area is 124 Å². The average Bonchev–Trinajstić information content (AvgIpc) is 3.18. The average molecular weight is 314 g/mol. The van der Waals surface area contributed by atoms with Crippen molar-refractivity contribution in [2.45, 2.75) is 24.7 Å². The van der Waals surface area contributed by atoms with E-state index in [9.17, 15) is 17.6 Å². The van der Waals surface area contributed by atoms with E-state index in [2.05, 4.69) is 10.0 Å². The van der Waals surface area contributed by atoms with Crippen LogP contribution in [0.2, 0.25) is 0 Å². The summed E-state index contributed by atoms with van der Waals surface area (Å²) in [6, 6.07) is 6.13. The second-order valence-electron chi connectivity index (χ2n) is 5.37. The number of halogens is 1. The van der Waals surface area contributed by atoms with Crippen LogP contribution < -0.4 is 10.0 Å². The topological polar surface area (TPSA) is 75.3 Å². The van der Waals surface area contributed by atoms with Gasteiger partial charge in [0.1, 0.15) is 5.82 Å². The van der Waals surface area contributed by atoms with Gasteiger partial charge in [0.15, 0.2) is 0 Å². The highest BCUT2D eigenvalue weighted by molar-refractivity contribution is 7.88. The number of nitrogens with one attached hydrogen (secondary N) is 2. The van der Waals surface area contributed by atoms with E-state index in [4.69, 9.17) is 0 Å². The zero-order chi connectivity index (χ0) is 15.5. The molecule has 5 nitrogen and oxygen atoms in total. The second-order valence-corrected chi connectivity index (χ2v) is 7.20. The Kier molecular flexibility index (Phi) is 4.63. The molecule has 0 bridgehead atoms. The first-order chi connectivity index (χ1) is 9.83. The maximum absolute atomic E-state index is 13.3. The van der Waals surface area contributed by atoms with Gasteiger partial charge in [0.25, 0.3) is 0 Å². The molecule has 1 aliphatic carbocycles. The second kappa shape index (κ2) is 6.11. The number of hydrogen-bond acceptors (Lipinski definition) is 3. The molecule has 0 spiro atoms. The molecule has 116 valence electrons. The predicted octanol–water partition coefficient (Wildman–Crippen LogP) is 0.913. The molecule has 0 aliphatic heterocycles. The van der Waals surface area contributed by atoms with Gasteiger partial charge in [-0.2, -0.15) is 0 Å². The van der Waals surface area contributed by atoms with Crippen LogP contribution in [0.4, 0.5) is 4.39 Å². The van der Waals surface area contributed by atoms with Gasteiger partial charge < -0.3 is 5.32 Å². The molecule has 21 heavy (non-hydrogen) atoms. The van der Waals surface area contributed by atoms with Crippen molar-refractivity contribution < 1.29 is 17.6 Å². The molecule has 0 heterocycles. The van der Waals surface area contributed by atoms with Crippen LogP contribution in [0.25, 0.3) is 0 Å². The van der Waals surface area contributed by atoms with Crippen molar-refractivity contribution in [3.05, 3.63) is 35.6 Å². The van der Waals surface area contributed by atoms with E-state index in [-0.39, 0.29) is 18.3 Å². The van der Waals surface area contributed by atoms with Crippen LogP contribution in [0.5, 0.6) is 0 Å². The smallest absolute Gasteiger partial charge is 0.230 e. The molecule has 7 heteroatoms. The van der Waals surface area contributed by atoms with Gasteiger partial charge in [-0.15, -0.1) is 0 Å². The van der Waals surface area contributed by atoms with Crippen molar-refractivity contribution in [1.82, 2.24) is 10.0 Å². The number of carbonyl (C=O) groups excluding carboxylic acids is 1. The summed E-state index contributed by atoms with van der Waals surface area (Å²) < 4.78 is 37.4. The monoisotopic (exact) mass is 314 g/mol. The van der Waals surface area contributed by atoms with Crippen molar-refractivity contribution in [1.29, 1.82) is 0 Å². The summed E-state index contributed by atoms with van der Waals surface area (Å²) in [4.78, 5) is 12.2. The van der Waals surface area contributed by atoms with Gasteiger partial charge in [0, 0.05) is 13.1 Å². The van der Waals surface area contributed by atoms with Gasteiger partial charge in [0.05, 0.1) is 11.7 Å². The number of carbonyl (C=O) groups is 1. The van der Waals surface area contributed by atoms with Gasteiger partial charge in [-0.1, -0.05) is 12.1 Å². The molecule has 1 aromatic rings. The minimum absolute atomic E-state index is 0.118. The van der Waals surface area contributed by atoms with E-state index in [0.29, 0.717) is 31.4 Å².